The predicted octanol–water partition coefficient (Wildman–Crippen LogP) is 9.01. The maximum absolute atomic E-state index is 12.8. The summed E-state index contributed by atoms with van der Waals surface area (Å²) in [6, 6.07) is 41.5. The van der Waals surface area contributed by atoms with Crippen LogP contribution in [0.25, 0.3) is 22.3 Å². The maximum atomic E-state index is 12.8. The summed E-state index contributed by atoms with van der Waals surface area (Å²) in [4.78, 5) is 72.5. The normalized spacial score (nSPS) is 12.6. The molecule has 0 aliphatic carbocycles. The lowest BCUT2D eigenvalue weighted by Crippen LogP contribution is -2.38. The summed E-state index contributed by atoms with van der Waals surface area (Å²) >= 11 is 1.95. The van der Waals surface area contributed by atoms with E-state index < -0.39 is 29.7 Å². The molecule has 12 nitrogen and oxygen atoms in total. The first-order chi connectivity index (χ1) is 30.7. The first kappa shape index (κ1) is 48.1. The van der Waals surface area contributed by atoms with Crippen molar-refractivity contribution in [2.45, 2.75) is 58.5 Å². The van der Waals surface area contributed by atoms with Gasteiger partial charge in [-0.05, 0) is 90.3 Å². The van der Waals surface area contributed by atoms with E-state index in [1.807, 2.05) is 109 Å². The molecule has 0 saturated carbocycles. The standard InChI is InChI=1S/C26H27NO5S.C24H24N2O4S/c1-3-32-26(31)17(2)15-21(27-24(28)22-13-14-23(33-22)25(29)30)16-18-9-11-20(12-10-18)19-7-5-4-6-8-19;1-15(24(29)30)13-19(26-23(28)21-12-11-20(31-21)22(25)27)14-16-7-9-18(10-8-16)17-5-3-2-4-6-17/h4-14,17,21H,3,15-16H2,1-2H3,(H,27,28)(H,29,30);2-12,15,19H,13-14H2,1H3,(H2,25,27)(H,26,28)(H,29,30)/t17-,21+;15-,19+/m11/s1. The molecule has 6 rings (SSSR count). The first-order valence-corrected chi connectivity index (χ1v) is 22.4. The molecule has 0 radical (unpaired) electrons. The van der Waals surface area contributed by atoms with Gasteiger partial charge < -0.3 is 31.3 Å². The van der Waals surface area contributed by atoms with Gasteiger partial charge in [0.05, 0.1) is 33.1 Å². The van der Waals surface area contributed by atoms with Gasteiger partial charge in [0.1, 0.15) is 4.88 Å². The Balaban J connectivity index is 0.000000241. The molecule has 0 aliphatic heterocycles. The summed E-state index contributed by atoms with van der Waals surface area (Å²) in [7, 11) is 0. The van der Waals surface area contributed by atoms with Crippen LogP contribution in [0.1, 0.15) is 83.4 Å². The molecule has 2 aromatic heterocycles. The average molecular weight is 902 g/mol. The second kappa shape index (κ2) is 23.5. The smallest absolute Gasteiger partial charge is 0.345 e. The van der Waals surface area contributed by atoms with Crippen molar-refractivity contribution < 1.29 is 43.7 Å². The molecule has 0 spiro atoms. The zero-order valence-corrected chi connectivity index (χ0v) is 37.3. The topological polar surface area (TPSA) is 202 Å². The number of carboxylic acid groups (broad SMARTS) is 2. The van der Waals surface area contributed by atoms with Gasteiger partial charge in [-0.15, -0.1) is 22.7 Å². The first-order valence-electron chi connectivity index (χ1n) is 20.7. The van der Waals surface area contributed by atoms with E-state index in [1.54, 1.807) is 26.8 Å². The molecule has 14 heteroatoms. The van der Waals surface area contributed by atoms with Crippen molar-refractivity contribution in [1.82, 2.24) is 10.6 Å². The number of ether oxygens (including phenoxy) is 1. The molecule has 6 aromatic rings. The van der Waals surface area contributed by atoms with Gasteiger partial charge in [0.2, 0.25) is 0 Å². The Morgan fingerprint density at radius 1 is 0.547 bits per heavy atom. The molecule has 0 aliphatic rings. The number of hydrogen-bond acceptors (Lipinski definition) is 9. The van der Waals surface area contributed by atoms with Crippen molar-refractivity contribution in [3.05, 3.63) is 164 Å². The molecular weight excluding hydrogens is 851 g/mol. The van der Waals surface area contributed by atoms with Gasteiger partial charge in [-0.25, -0.2) is 4.79 Å². The van der Waals surface area contributed by atoms with Crippen molar-refractivity contribution in [2.24, 2.45) is 17.6 Å². The van der Waals surface area contributed by atoms with Crippen LogP contribution in [0.2, 0.25) is 0 Å². The quantitative estimate of drug-likeness (QED) is 0.0492. The predicted molar refractivity (Wildman–Crippen MR) is 250 cm³/mol. The Bertz CT molecular complexity index is 2500. The third-order valence-electron chi connectivity index (χ3n) is 10.3. The summed E-state index contributed by atoms with van der Waals surface area (Å²) in [5.41, 5.74) is 11.7. The van der Waals surface area contributed by atoms with Gasteiger partial charge in [-0.3, -0.25) is 24.0 Å². The molecule has 4 atom stereocenters. The Labute approximate surface area is 380 Å². The van der Waals surface area contributed by atoms with E-state index in [-0.39, 0.29) is 41.2 Å². The minimum Gasteiger partial charge on any atom is -0.481 e. The summed E-state index contributed by atoms with van der Waals surface area (Å²) in [6.07, 6.45) is 1.71. The Hall–Kier alpha value is -6.90. The van der Waals surface area contributed by atoms with E-state index in [2.05, 4.69) is 10.6 Å². The van der Waals surface area contributed by atoms with Gasteiger partial charge in [-0.2, -0.15) is 0 Å². The molecule has 4 aromatic carbocycles. The van der Waals surface area contributed by atoms with Crippen LogP contribution in [0.3, 0.4) is 0 Å². The molecule has 332 valence electrons. The van der Waals surface area contributed by atoms with Crippen LogP contribution >= 0.6 is 22.7 Å². The number of primary amides is 1. The fraction of sp³-hybridized carbons (Fsp3) is 0.240. The number of thiophene rings is 2. The third kappa shape index (κ3) is 14.3. The summed E-state index contributed by atoms with van der Waals surface area (Å²) < 4.78 is 5.12. The highest BCUT2D eigenvalue weighted by atomic mass is 32.1. The maximum Gasteiger partial charge on any atom is 0.345 e. The molecule has 64 heavy (non-hydrogen) atoms. The van der Waals surface area contributed by atoms with E-state index in [9.17, 15) is 33.9 Å². The Morgan fingerprint density at radius 3 is 1.31 bits per heavy atom. The van der Waals surface area contributed by atoms with E-state index in [0.29, 0.717) is 40.5 Å². The lowest BCUT2D eigenvalue weighted by Gasteiger charge is -2.22. The number of hydrogen-bond donors (Lipinski definition) is 5. The summed E-state index contributed by atoms with van der Waals surface area (Å²) in [5.74, 6) is -4.57. The number of nitrogens with one attached hydrogen (secondary N) is 2. The minimum atomic E-state index is -1.06. The SMILES string of the molecule is CCOC(=O)[C@H](C)C[C@@H](Cc1ccc(-c2ccccc2)cc1)NC(=O)c1ccc(C(=O)O)s1.C[C@H](C[C@@H](Cc1ccc(-c2ccccc2)cc1)NC(=O)c1ccc(C(N)=O)s1)C(=O)O. The van der Waals surface area contributed by atoms with Gasteiger partial charge in [0.25, 0.3) is 17.7 Å². The van der Waals surface area contributed by atoms with Gasteiger partial charge >= 0.3 is 17.9 Å². The minimum absolute atomic E-state index is 0.105. The van der Waals surface area contributed by atoms with Gasteiger partial charge in [0.15, 0.2) is 0 Å². The molecular formula is C50H51N3O9S2. The van der Waals surface area contributed by atoms with Crippen LogP contribution in [-0.2, 0) is 27.2 Å². The fourth-order valence-electron chi connectivity index (χ4n) is 6.90. The number of rotatable bonds is 19. The van der Waals surface area contributed by atoms with Crippen LogP contribution in [0.15, 0.2) is 133 Å². The van der Waals surface area contributed by atoms with E-state index in [0.717, 1.165) is 56.1 Å². The largest absolute Gasteiger partial charge is 0.481 e. The van der Waals surface area contributed by atoms with Crippen molar-refractivity contribution >= 4 is 58.3 Å². The number of amides is 3. The Kier molecular flexibility index (Phi) is 17.7. The van der Waals surface area contributed by atoms with Crippen molar-refractivity contribution in [3.63, 3.8) is 0 Å². The molecule has 0 saturated heterocycles. The van der Waals surface area contributed by atoms with E-state index >= 15 is 0 Å². The highest BCUT2D eigenvalue weighted by molar-refractivity contribution is 7.16. The number of aromatic carboxylic acids is 1. The summed E-state index contributed by atoms with van der Waals surface area (Å²) in [6.45, 7) is 5.46. The fourth-order valence-corrected chi connectivity index (χ4v) is 8.41. The zero-order valence-electron chi connectivity index (χ0n) is 35.7. The van der Waals surface area contributed by atoms with Crippen LogP contribution in [0, 0.1) is 11.8 Å². The number of carboxylic acids is 2. The molecule has 0 bridgehead atoms. The molecule has 0 unspecified atom stereocenters. The van der Waals surface area contributed by atoms with Crippen LogP contribution < -0.4 is 16.4 Å². The average Bonchev–Trinajstić information content (AvgIpc) is 4.00. The number of esters is 1. The molecule has 3 amide bonds. The number of carbonyl (C=O) groups excluding carboxylic acids is 4. The second-order valence-electron chi connectivity index (χ2n) is 15.2. The van der Waals surface area contributed by atoms with Crippen LogP contribution in [-0.4, -0.2) is 64.5 Å². The number of nitrogens with two attached hydrogens (primary N) is 1. The molecule has 0 fully saturated rings. The van der Waals surface area contributed by atoms with E-state index in [4.69, 9.17) is 15.6 Å². The van der Waals surface area contributed by atoms with Crippen molar-refractivity contribution in [3.8, 4) is 22.3 Å². The van der Waals surface area contributed by atoms with Crippen molar-refractivity contribution in [2.75, 3.05) is 6.61 Å². The highest BCUT2D eigenvalue weighted by Crippen LogP contribution is 2.24. The summed E-state index contributed by atoms with van der Waals surface area (Å²) in [5, 5.41) is 24.3. The second-order valence-corrected chi connectivity index (χ2v) is 17.4. The van der Waals surface area contributed by atoms with Gasteiger partial charge in [0, 0.05) is 12.1 Å². The van der Waals surface area contributed by atoms with E-state index in [1.165, 1.54) is 18.2 Å². The lowest BCUT2D eigenvalue weighted by atomic mass is 9.95. The monoisotopic (exact) mass is 901 g/mol. The van der Waals surface area contributed by atoms with Gasteiger partial charge in [-0.1, -0.05) is 123 Å². The number of benzene rings is 4. The Morgan fingerprint density at radius 2 is 0.938 bits per heavy atom. The highest BCUT2D eigenvalue weighted by Gasteiger charge is 2.25. The number of carbonyl (C=O) groups is 6. The van der Waals surface area contributed by atoms with Crippen LogP contribution in [0.4, 0.5) is 0 Å². The lowest BCUT2D eigenvalue weighted by molar-refractivity contribution is -0.147. The number of aliphatic carboxylic acids is 1. The molecule has 2 heterocycles. The third-order valence-corrected chi connectivity index (χ3v) is 12.4. The van der Waals surface area contributed by atoms with Crippen molar-refractivity contribution in [1.29, 1.82) is 0 Å². The van der Waals surface area contributed by atoms with Crippen LogP contribution in [0.5, 0.6) is 0 Å². The molecule has 6 N–H and O–H groups in total. The zero-order chi connectivity index (χ0) is 46.2.